The van der Waals surface area contributed by atoms with E-state index >= 15 is 0 Å². The number of ether oxygens (including phenoxy) is 1. The summed E-state index contributed by atoms with van der Waals surface area (Å²) in [5.74, 6) is -1.75. The minimum Gasteiger partial charge on any atom is -0.444 e. The number of nitrogens with zero attached hydrogens (tertiary/aromatic N) is 3. The van der Waals surface area contributed by atoms with Crippen LogP contribution >= 0.6 is 0 Å². The second kappa shape index (κ2) is 8.37. The first-order valence-electron chi connectivity index (χ1n) is 10.6. The van der Waals surface area contributed by atoms with Gasteiger partial charge < -0.3 is 19.9 Å². The van der Waals surface area contributed by atoms with Crippen LogP contribution in [0.3, 0.4) is 0 Å². The highest BCUT2D eigenvalue weighted by Gasteiger charge is 2.44. The topological polar surface area (TPSA) is 74.8 Å². The van der Waals surface area contributed by atoms with Crippen molar-refractivity contribution in [2.24, 2.45) is 5.92 Å². The minimum atomic E-state index is -0.773. The number of fused-ring (bicyclic) bond motifs is 1. The maximum absolute atomic E-state index is 13.4. The van der Waals surface area contributed by atoms with Crippen molar-refractivity contribution in [1.82, 2.24) is 9.88 Å². The van der Waals surface area contributed by atoms with E-state index < -0.39 is 23.1 Å². The number of carbonyl (C=O) groups excluding carboxylic acids is 2. The van der Waals surface area contributed by atoms with E-state index in [1.807, 2.05) is 20.8 Å². The van der Waals surface area contributed by atoms with Crippen LogP contribution in [0, 0.1) is 17.6 Å². The molecule has 7 nitrogen and oxygen atoms in total. The summed E-state index contributed by atoms with van der Waals surface area (Å²) in [6.45, 7) is 7.57. The Morgan fingerprint density at radius 2 is 1.81 bits per heavy atom. The number of hydrogen-bond acceptors (Lipinski definition) is 5. The van der Waals surface area contributed by atoms with E-state index in [9.17, 15) is 18.4 Å². The van der Waals surface area contributed by atoms with Crippen molar-refractivity contribution >= 4 is 23.4 Å². The summed E-state index contributed by atoms with van der Waals surface area (Å²) in [5, 5.41) is 2.49. The highest BCUT2D eigenvalue weighted by molar-refractivity contribution is 6.04. The summed E-state index contributed by atoms with van der Waals surface area (Å²) in [7, 11) is 0. The summed E-state index contributed by atoms with van der Waals surface area (Å²) >= 11 is 0. The van der Waals surface area contributed by atoms with E-state index in [1.54, 1.807) is 17.2 Å². The molecule has 1 aromatic carbocycles. The van der Waals surface area contributed by atoms with E-state index in [0.717, 1.165) is 36.9 Å². The molecule has 0 aliphatic carbocycles. The molecule has 1 N–H and O–H groups in total. The van der Waals surface area contributed by atoms with Crippen LogP contribution in [0.2, 0.25) is 0 Å². The Morgan fingerprint density at radius 3 is 2.50 bits per heavy atom. The van der Waals surface area contributed by atoms with E-state index in [2.05, 4.69) is 15.2 Å². The minimum absolute atomic E-state index is 0.0293. The number of anilines is 2. The fourth-order valence-electron chi connectivity index (χ4n) is 4.27. The first kappa shape index (κ1) is 22.0. The van der Waals surface area contributed by atoms with Crippen LogP contribution in [0.4, 0.5) is 25.0 Å². The molecule has 0 saturated carbocycles. The average Bonchev–Trinajstić information content (AvgIpc) is 3.26. The Morgan fingerprint density at radius 1 is 1.09 bits per heavy atom. The Kier molecular flexibility index (Phi) is 5.75. The number of aromatic nitrogens is 1. The summed E-state index contributed by atoms with van der Waals surface area (Å²) in [5.41, 5.74) is 0.500. The summed E-state index contributed by atoms with van der Waals surface area (Å²) in [6, 6.07) is 4.56. The van der Waals surface area contributed by atoms with Crippen molar-refractivity contribution in [3.05, 3.63) is 53.9 Å². The Balaban J connectivity index is 1.45. The zero-order chi connectivity index (χ0) is 23.0. The maximum atomic E-state index is 13.4. The molecule has 0 radical (unpaired) electrons. The van der Waals surface area contributed by atoms with Crippen LogP contribution < -0.4 is 10.2 Å². The van der Waals surface area contributed by atoms with Crippen LogP contribution in [0.25, 0.3) is 0 Å². The number of likely N-dealkylation sites (tertiary alicyclic amines) is 1. The van der Waals surface area contributed by atoms with E-state index in [1.165, 1.54) is 6.20 Å². The van der Waals surface area contributed by atoms with Crippen LogP contribution in [0.15, 0.2) is 36.7 Å². The molecule has 2 aromatic rings. The Hall–Kier alpha value is -3.23. The largest absolute Gasteiger partial charge is 0.444 e. The molecule has 1 aromatic heterocycles. The quantitative estimate of drug-likeness (QED) is 0.773. The lowest BCUT2D eigenvalue weighted by atomic mass is 10.1. The van der Waals surface area contributed by atoms with E-state index in [4.69, 9.17) is 4.74 Å². The molecule has 32 heavy (non-hydrogen) atoms. The predicted molar refractivity (Wildman–Crippen MR) is 116 cm³/mol. The number of carbonyl (C=O) groups is 2. The third-order valence-corrected chi connectivity index (χ3v) is 5.65. The molecule has 0 spiro atoms. The zero-order valence-corrected chi connectivity index (χ0v) is 18.3. The van der Waals surface area contributed by atoms with Gasteiger partial charge in [0.1, 0.15) is 17.2 Å². The maximum Gasteiger partial charge on any atom is 0.410 e. The fourth-order valence-corrected chi connectivity index (χ4v) is 4.27. The highest BCUT2D eigenvalue weighted by atomic mass is 19.1. The third-order valence-electron chi connectivity index (χ3n) is 5.65. The molecule has 2 fully saturated rings. The van der Waals surface area contributed by atoms with E-state index in [-0.39, 0.29) is 23.4 Å². The second-order valence-electron chi connectivity index (χ2n) is 9.24. The lowest BCUT2D eigenvalue weighted by molar-refractivity contribution is 0.0229. The van der Waals surface area contributed by atoms with Gasteiger partial charge in [0.15, 0.2) is 0 Å². The van der Waals surface area contributed by atoms with Crippen molar-refractivity contribution in [1.29, 1.82) is 0 Å². The van der Waals surface area contributed by atoms with Crippen LogP contribution in [-0.4, -0.2) is 53.2 Å². The summed E-state index contributed by atoms with van der Waals surface area (Å²) in [4.78, 5) is 33.2. The molecule has 2 amide bonds. The normalized spacial score (nSPS) is 20.3. The van der Waals surface area contributed by atoms with Gasteiger partial charge in [0.2, 0.25) is 0 Å². The highest BCUT2D eigenvalue weighted by Crippen LogP contribution is 2.35. The first-order chi connectivity index (χ1) is 15.1. The number of benzene rings is 1. The number of amides is 2. The second-order valence-corrected chi connectivity index (χ2v) is 9.24. The Bertz CT molecular complexity index is 1020. The zero-order valence-electron chi connectivity index (χ0n) is 18.3. The van der Waals surface area contributed by atoms with Crippen molar-refractivity contribution in [3.63, 3.8) is 0 Å². The van der Waals surface area contributed by atoms with Crippen LogP contribution in [0.1, 0.15) is 37.6 Å². The lowest BCUT2D eigenvalue weighted by Gasteiger charge is -2.29. The van der Waals surface area contributed by atoms with E-state index in [0.29, 0.717) is 19.0 Å². The van der Waals surface area contributed by atoms with Gasteiger partial charge in [0.25, 0.3) is 5.91 Å². The van der Waals surface area contributed by atoms with Gasteiger partial charge in [-0.25, -0.2) is 13.6 Å². The average molecular weight is 444 g/mol. The number of halogens is 2. The number of rotatable bonds is 3. The van der Waals surface area contributed by atoms with Crippen molar-refractivity contribution < 1.29 is 23.1 Å². The van der Waals surface area contributed by atoms with Gasteiger partial charge in [-0.2, -0.15) is 0 Å². The van der Waals surface area contributed by atoms with Crippen molar-refractivity contribution in [3.8, 4) is 0 Å². The molecule has 4 rings (SSSR count). The molecule has 2 saturated heterocycles. The monoisotopic (exact) mass is 444 g/mol. The number of nitrogens with one attached hydrogen (secondary N) is 1. The van der Waals surface area contributed by atoms with Crippen LogP contribution in [0.5, 0.6) is 0 Å². The van der Waals surface area contributed by atoms with Crippen LogP contribution in [-0.2, 0) is 4.74 Å². The molecular formula is C23H26F2N4O3. The third kappa shape index (κ3) is 4.81. The molecule has 2 aliphatic heterocycles. The van der Waals surface area contributed by atoms with Gasteiger partial charge in [-0.15, -0.1) is 0 Å². The molecule has 2 aliphatic rings. The standard InChI is InChI=1S/C23H26F2N4O3/c1-23(2,3)32-22(31)29-5-4-14-12-28(13-20(14)29)19-6-15(10-26-11-19)21(30)27-18-8-16(24)7-17(25)9-18/h6-11,14,20H,4-5,12-13H2,1-3H3,(H,27,30)/t14-,20+/m0/s1. The molecule has 9 heteroatoms. The van der Waals surface area contributed by atoms with Gasteiger partial charge in [0.05, 0.1) is 23.5 Å². The van der Waals surface area contributed by atoms with Gasteiger partial charge >= 0.3 is 6.09 Å². The van der Waals surface area contributed by atoms with Crippen molar-refractivity contribution in [2.45, 2.75) is 38.8 Å². The predicted octanol–water partition coefficient (Wildman–Crippen LogP) is 4.06. The summed E-state index contributed by atoms with van der Waals surface area (Å²) in [6.07, 6.45) is 3.65. The van der Waals surface area contributed by atoms with Gasteiger partial charge in [-0.1, -0.05) is 0 Å². The molecule has 0 unspecified atom stereocenters. The molecule has 2 atom stereocenters. The summed E-state index contributed by atoms with van der Waals surface area (Å²) < 4.78 is 32.3. The first-order valence-corrected chi connectivity index (χ1v) is 10.6. The SMILES string of the molecule is CC(C)(C)OC(=O)N1CC[C@H]2CN(c3cncc(C(=O)Nc4cc(F)cc(F)c4)c3)C[C@H]21. The molecule has 3 heterocycles. The smallest absolute Gasteiger partial charge is 0.410 e. The van der Waals surface area contributed by atoms with Gasteiger partial charge in [-0.3, -0.25) is 9.78 Å². The molecule has 0 bridgehead atoms. The number of pyridine rings is 1. The molecule has 170 valence electrons. The molecular weight excluding hydrogens is 418 g/mol. The number of hydrogen-bond donors (Lipinski definition) is 1. The van der Waals surface area contributed by atoms with Crippen molar-refractivity contribution in [2.75, 3.05) is 29.9 Å². The Labute approximate surface area is 185 Å². The van der Waals surface area contributed by atoms with Gasteiger partial charge in [0, 0.05) is 43.5 Å². The lowest BCUT2D eigenvalue weighted by Crippen LogP contribution is -2.42. The van der Waals surface area contributed by atoms with Gasteiger partial charge in [-0.05, 0) is 45.4 Å². The fraction of sp³-hybridized carbons (Fsp3) is 0.435.